The van der Waals surface area contributed by atoms with Gasteiger partial charge < -0.3 is 0 Å². The minimum atomic E-state index is 0.0692. The largest absolute Gasteiger partial charge is 0.273 e. The van der Waals surface area contributed by atoms with Gasteiger partial charge in [0.2, 0.25) is 5.91 Å². The molecule has 0 atom stereocenters. The Balaban J connectivity index is 1.84. The van der Waals surface area contributed by atoms with Gasteiger partial charge in [-0.3, -0.25) is 4.79 Å². The molecule has 1 aliphatic rings. The minimum absolute atomic E-state index is 0.0692. The molecule has 1 aliphatic carbocycles. The van der Waals surface area contributed by atoms with Gasteiger partial charge in [-0.1, -0.05) is 57.4 Å². The molecule has 1 fully saturated rings. The molecule has 0 radical (unpaired) electrons. The van der Waals surface area contributed by atoms with E-state index in [9.17, 15) is 4.79 Å². The summed E-state index contributed by atoms with van der Waals surface area (Å²) in [6.07, 6.45) is 7.31. The van der Waals surface area contributed by atoms with E-state index in [-0.39, 0.29) is 11.8 Å². The van der Waals surface area contributed by atoms with E-state index in [1.807, 2.05) is 12.1 Å². The van der Waals surface area contributed by atoms with Gasteiger partial charge in [-0.2, -0.15) is 5.10 Å². The fraction of sp³-hybridized carbons (Fsp3) is 0.529. The lowest BCUT2D eigenvalue weighted by atomic mass is 9.89. The number of nitrogens with zero attached hydrogens (tertiary/aromatic N) is 1. The molecule has 1 aromatic carbocycles. The summed E-state index contributed by atoms with van der Waals surface area (Å²) >= 11 is 0. The SMILES string of the molecule is CC(C)c1ccc(/C=N\NC(=O)C2CCCCC2)cc1. The van der Waals surface area contributed by atoms with Crippen molar-refractivity contribution in [2.24, 2.45) is 11.0 Å². The first kappa shape index (κ1) is 14.8. The van der Waals surface area contributed by atoms with Gasteiger partial charge in [-0.05, 0) is 29.9 Å². The Morgan fingerprint density at radius 2 is 1.85 bits per heavy atom. The van der Waals surface area contributed by atoms with Crippen LogP contribution in [0.2, 0.25) is 0 Å². The van der Waals surface area contributed by atoms with E-state index in [1.165, 1.54) is 24.8 Å². The molecule has 3 nitrogen and oxygen atoms in total. The first-order chi connectivity index (χ1) is 9.66. The monoisotopic (exact) mass is 272 g/mol. The van der Waals surface area contributed by atoms with E-state index >= 15 is 0 Å². The number of hydrogen-bond donors (Lipinski definition) is 1. The first-order valence-electron chi connectivity index (χ1n) is 7.59. The Morgan fingerprint density at radius 1 is 1.20 bits per heavy atom. The summed E-state index contributed by atoms with van der Waals surface area (Å²) in [6.45, 7) is 4.35. The third kappa shape index (κ3) is 4.19. The quantitative estimate of drug-likeness (QED) is 0.656. The second-order valence-electron chi connectivity index (χ2n) is 5.89. The van der Waals surface area contributed by atoms with Crippen molar-refractivity contribution in [1.29, 1.82) is 0 Å². The maximum atomic E-state index is 11.9. The lowest BCUT2D eigenvalue weighted by Gasteiger charge is -2.19. The second-order valence-corrected chi connectivity index (χ2v) is 5.89. The number of nitrogens with one attached hydrogen (secondary N) is 1. The van der Waals surface area contributed by atoms with Gasteiger partial charge in [0, 0.05) is 5.92 Å². The maximum absolute atomic E-state index is 11.9. The van der Waals surface area contributed by atoms with E-state index in [4.69, 9.17) is 0 Å². The molecule has 2 rings (SSSR count). The van der Waals surface area contributed by atoms with Gasteiger partial charge in [0.25, 0.3) is 0 Å². The van der Waals surface area contributed by atoms with Crippen LogP contribution in [0.4, 0.5) is 0 Å². The zero-order valence-corrected chi connectivity index (χ0v) is 12.4. The van der Waals surface area contributed by atoms with Gasteiger partial charge in [-0.25, -0.2) is 5.43 Å². The smallest absolute Gasteiger partial charge is 0.243 e. The highest BCUT2D eigenvalue weighted by Crippen LogP contribution is 2.23. The highest BCUT2D eigenvalue weighted by atomic mass is 16.2. The fourth-order valence-electron chi connectivity index (χ4n) is 2.59. The Bertz CT molecular complexity index is 456. The third-order valence-corrected chi connectivity index (χ3v) is 3.97. The van der Waals surface area contributed by atoms with Crippen LogP contribution in [0.25, 0.3) is 0 Å². The molecule has 1 saturated carbocycles. The topological polar surface area (TPSA) is 41.5 Å². The predicted molar refractivity (Wildman–Crippen MR) is 82.8 cm³/mol. The summed E-state index contributed by atoms with van der Waals surface area (Å²) in [7, 11) is 0. The van der Waals surface area contributed by atoms with Gasteiger partial charge in [0.15, 0.2) is 0 Å². The number of amides is 1. The van der Waals surface area contributed by atoms with Crippen molar-refractivity contribution >= 4 is 12.1 Å². The Morgan fingerprint density at radius 3 is 2.45 bits per heavy atom. The molecule has 0 aliphatic heterocycles. The Hall–Kier alpha value is -1.64. The van der Waals surface area contributed by atoms with Crippen LogP contribution in [0.1, 0.15) is 63.0 Å². The second kappa shape index (κ2) is 7.22. The number of carbonyl (C=O) groups excluding carboxylic acids is 1. The van der Waals surface area contributed by atoms with Crippen molar-refractivity contribution in [3.05, 3.63) is 35.4 Å². The molecular weight excluding hydrogens is 248 g/mol. The number of carbonyl (C=O) groups is 1. The lowest BCUT2D eigenvalue weighted by Crippen LogP contribution is -2.28. The van der Waals surface area contributed by atoms with Crippen LogP contribution < -0.4 is 5.43 Å². The van der Waals surface area contributed by atoms with Crippen molar-refractivity contribution in [2.45, 2.75) is 51.9 Å². The van der Waals surface area contributed by atoms with Crippen LogP contribution in [-0.4, -0.2) is 12.1 Å². The van der Waals surface area contributed by atoms with Crippen LogP contribution >= 0.6 is 0 Å². The van der Waals surface area contributed by atoms with Crippen LogP contribution in [0.3, 0.4) is 0 Å². The number of benzene rings is 1. The minimum Gasteiger partial charge on any atom is -0.273 e. The summed E-state index contributed by atoms with van der Waals surface area (Å²) in [6, 6.07) is 8.28. The standard InChI is InChI=1S/C17H24N2O/c1-13(2)15-10-8-14(9-11-15)12-18-19-17(20)16-6-4-3-5-7-16/h8-13,16H,3-7H2,1-2H3,(H,19,20)/b18-12-. The molecule has 0 aromatic heterocycles. The Labute approximate surface area is 121 Å². The van der Waals surface area contributed by atoms with Crippen LogP contribution in [0.15, 0.2) is 29.4 Å². The van der Waals surface area contributed by atoms with E-state index in [0.717, 1.165) is 18.4 Å². The third-order valence-electron chi connectivity index (χ3n) is 3.97. The maximum Gasteiger partial charge on any atom is 0.243 e. The average molecular weight is 272 g/mol. The van der Waals surface area contributed by atoms with Crippen molar-refractivity contribution in [3.63, 3.8) is 0 Å². The molecule has 1 N–H and O–H groups in total. The highest BCUT2D eigenvalue weighted by Gasteiger charge is 2.20. The van der Waals surface area contributed by atoms with Gasteiger partial charge in [0.1, 0.15) is 0 Å². The van der Waals surface area contributed by atoms with Crippen molar-refractivity contribution in [2.75, 3.05) is 0 Å². The lowest BCUT2D eigenvalue weighted by molar-refractivity contribution is -0.125. The Kier molecular flexibility index (Phi) is 5.33. The van der Waals surface area contributed by atoms with E-state index in [2.05, 4.69) is 36.5 Å². The molecule has 0 unspecified atom stereocenters. The summed E-state index contributed by atoms with van der Waals surface area (Å²) < 4.78 is 0. The molecule has 0 saturated heterocycles. The summed E-state index contributed by atoms with van der Waals surface area (Å²) in [5.74, 6) is 0.760. The fourth-order valence-corrected chi connectivity index (χ4v) is 2.59. The van der Waals surface area contributed by atoms with E-state index in [0.29, 0.717) is 5.92 Å². The summed E-state index contributed by atoms with van der Waals surface area (Å²) in [4.78, 5) is 11.9. The van der Waals surface area contributed by atoms with Gasteiger partial charge in [0.05, 0.1) is 6.21 Å². The molecule has 1 amide bonds. The highest BCUT2D eigenvalue weighted by molar-refractivity contribution is 5.83. The van der Waals surface area contributed by atoms with E-state index < -0.39 is 0 Å². The average Bonchev–Trinajstić information content (AvgIpc) is 2.48. The zero-order valence-electron chi connectivity index (χ0n) is 12.4. The van der Waals surface area contributed by atoms with Crippen molar-refractivity contribution < 1.29 is 4.79 Å². The van der Waals surface area contributed by atoms with E-state index in [1.54, 1.807) is 6.21 Å². The number of hydrogen-bond acceptors (Lipinski definition) is 2. The molecule has 3 heteroatoms. The molecule has 0 spiro atoms. The van der Waals surface area contributed by atoms with Crippen molar-refractivity contribution in [1.82, 2.24) is 5.43 Å². The molecular formula is C17H24N2O. The van der Waals surface area contributed by atoms with Crippen molar-refractivity contribution in [3.8, 4) is 0 Å². The predicted octanol–water partition coefficient (Wildman–Crippen LogP) is 3.84. The van der Waals surface area contributed by atoms with Gasteiger partial charge >= 0.3 is 0 Å². The number of hydrazone groups is 1. The molecule has 108 valence electrons. The number of rotatable bonds is 4. The molecule has 20 heavy (non-hydrogen) atoms. The summed E-state index contributed by atoms with van der Waals surface area (Å²) in [5.41, 5.74) is 4.99. The normalized spacial score (nSPS) is 16.8. The molecule has 0 bridgehead atoms. The van der Waals surface area contributed by atoms with Crippen LogP contribution in [0.5, 0.6) is 0 Å². The van der Waals surface area contributed by atoms with Crippen LogP contribution in [0, 0.1) is 5.92 Å². The van der Waals surface area contributed by atoms with Gasteiger partial charge in [-0.15, -0.1) is 0 Å². The molecule has 1 aromatic rings. The molecule has 0 heterocycles. The van der Waals surface area contributed by atoms with Crippen LogP contribution in [-0.2, 0) is 4.79 Å². The first-order valence-corrected chi connectivity index (χ1v) is 7.59. The summed E-state index contributed by atoms with van der Waals surface area (Å²) in [5, 5.41) is 4.07. The zero-order chi connectivity index (χ0) is 14.4.